The number of carbonyl (C=O) groups is 2. The van der Waals surface area contributed by atoms with Gasteiger partial charge in [0.25, 0.3) is 0 Å². The second-order valence-electron chi connectivity index (χ2n) is 17.3. The highest BCUT2D eigenvalue weighted by atomic mass is 16.7. The maximum atomic E-state index is 12.9. The fourth-order valence-corrected chi connectivity index (χ4v) is 7.68. The first kappa shape index (κ1) is 56.4. The molecule has 7 N–H and O–H groups in total. The van der Waals surface area contributed by atoms with Crippen LogP contribution < -0.4 is 0 Å². The van der Waals surface area contributed by atoms with Gasteiger partial charge in [0.1, 0.15) is 55.4 Å². The summed E-state index contributed by atoms with van der Waals surface area (Å²) in [6.07, 6.45) is 15.3. The largest absolute Gasteiger partial charge is 0.462 e. The zero-order valence-electron chi connectivity index (χ0n) is 38.1. The van der Waals surface area contributed by atoms with Crippen molar-refractivity contribution in [2.24, 2.45) is 0 Å². The number of esters is 2. The standard InChI is InChI=1S/C47H86O15/c1-3-5-7-9-11-13-15-17-18-20-22-24-26-28-30-39(50)60-35(32-57-38(49)29-27-25-23-21-19-16-14-12-10-8-6-4-2)33-58-46-45(56)43(54)41(52)37(62-46)34-59-47-44(55)42(53)40(51)36(31-48)61-47/h15,17,35-37,40-48,51-56H,3-14,16,18-34H2,1-2H3/b17-15-. The van der Waals surface area contributed by atoms with E-state index in [1.165, 1.54) is 83.5 Å². The molecule has 0 bridgehead atoms. The van der Waals surface area contributed by atoms with Crippen LogP contribution in [-0.2, 0) is 38.0 Å². The summed E-state index contributed by atoms with van der Waals surface area (Å²) < 4.78 is 33.5. The van der Waals surface area contributed by atoms with E-state index >= 15 is 0 Å². The lowest BCUT2D eigenvalue weighted by molar-refractivity contribution is -0.332. The first-order chi connectivity index (χ1) is 30.0. The number of aliphatic hydroxyl groups excluding tert-OH is 7. The highest BCUT2D eigenvalue weighted by molar-refractivity contribution is 5.70. The summed E-state index contributed by atoms with van der Waals surface area (Å²) in [6.45, 7) is 2.57. The number of aliphatic hydroxyl groups is 7. The molecule has 15 nitrogen and oxygen atoms in total. The lowest BCUT2D eigenvalue weighted by Crippen LogP contribution is -2.61. The van der Waals surface area contributed by atoms with E-state index in [0.29, 0.717) is 12.8 Å². The van der Waals surface area contributed by atoms with Crippen LogP contribution in [0.2, 0.25) is 0 Å². The van der Waals surface area contributed by atoms with Gasteiger partial charge < -0.3 is 64.2 Å². The van der Waals surface area contributed by atoms with Crippen molar-refractivity contribution in [3.05, 3.63) is 12.2 Å². The van der Waals surface area contributed by atoms with Gasteiger partial charge in [0.05, 0.1) is 19.8 Å². The third kappa shape index (κ3) is 24.0. The monoisotopic (exact) mass is 891 g/mol. The van der Waals surface area contributed by atoms with Gasteiger partial charge in [-0.2, -0.15) is 0 Å². The molecule has 364 valence electrons. The highest BCUT2D eigenvalue weighted by Crippen LogP contribution is 2.26. The molecule has 2 rings (SSSR count). The van der Waals surface area contributed by atoms with Crippen molar-refractivity contribution in [1.29, 1.82) is 0 Å². The van der Waals surface area contributed by atoms with Crippen LogP contribution in [0.4, 0.5) is 0 Å². The minimum atomic E-state index is -1.76. The second-order valence-corrected chi connectivity index (χ2v) is 17.3. The molecule has 2 fully saturated rings. The molecule has 11 atom stereocenters. The van der Waals surface area contributed by atoms with Crippen LogP contribution in [-0.4, -0.2) is 142 Å². The number of rotatable bonds is 37. The molecule has 62 heavy (non-hydrogen) atoms. The van der Waals surface area contributed by atoms with E-state index in [2.05, 4.69) is 26.0 Å². The molecule has 0 radical (unpaired) electrons. The summed E-state index contributed by atoms with van der Waals surface area (Å²) in [7, 11) is 0. The number of hydrogen-bond acceptors (Lipinski definition) is 15. The Morgan fingerprint density at radius 2 is 0.919 bits per heavy atom. The molecule has 2 heterocycles. The van der Waals surface area contributed by atoms with E-state index in [1.807, 2.05) is 0 Å². The molecule has 11 unspecified atom stereocenters. The molecule has 2 aliphatic rings. The van der Waals surface area contributed by atoms with E-state index in [1.54, 1.807) is 0 Å². The molecule has 2 aliphatic heterocycles. The van der Waals surface area contributed by atoms with Gasteiger partial charge in [-0.3, -0.25) is 9.59 Å². The van der Waals surface area contributed by atoms with Crippen LogP contribution in [0.5, 0.6) is 0 Å². The molecular weight excluding hydrogens is 805 g/mol. The van der Waals surface area contributed by atoms with Gasteiger partial charge in [0.15, 0.2) is 18.7 Å². The van der Waals surface area contributed by atoms with Crippen LogP contribution in [0.15, 0.2) is 12.2 Å². The fourth-order valence-electron chi connectivity index (χ4n) is 7.68. The molecule has 0 aromatic rings. The normalized spacial score (nSPS) is 27.1. The van der Waals surface area contributed by atoms with Crippen molar-refractivity contribution >= 4 is 11.9 Å². The summed E-state index contributed by atoms with van der Waals surface area (Å²) in [5.41, 5.74) is 0. The molecule has 0 aromatic heterocycles. The molecule has 15 heteroatoms. The number of unbranched alkanes of at least 4 members (excludes halogenated alkanes) is 21. The summed E-state index contributed by atoms with van der Waals surface area (Å²) in [5.74, 6) is -0.929. The second kappa shape index (κ2) is 35.5. The molecule has 0 amide bonds. The van der Waals surface area contributed by atoms with Crippen molar-refractivity contribution in [2.45, 2.75) is 248 Å². The Labute approximate surface area is 371 Å². The van der Waals surface area contributed by atoms with Crippen molar-refractivity contribution in [1.82, 2.24) is 0 Å². The predicted molar refractivity (Wildman–Crippen MR) is 234 cm³/mol. The Morgan fingerprint density at radius 1 is 0.500 bits per heavy atom. The fraction of sp³-hybridized carbons (Fsp3) is 0.915. The number of hydrogen-bond donors (Lipinski definition) is 7. The quantitative estimate of drug-likeness (QED) is 0.0221. The van der Waals surface area contributed by atoms with Crippen LogP contribution >= 0.6 is 0 Å². The number of ether oxygens (including phenoxy) is 6. The van der Waals surface area contributed by atoms with E-state index in [9.17, 15) is 45.3 Å². The Bertz CT molecular complexity index is 1140. The molecule has 0 saturated carbocycles. The molecule has 0 spiro atoms. The van der Waals surface area contributed by atoms with E-state index < -0.39 is 92.7 Å². The van der Waals surface area contributed by atoms with E-state index in [0.717, 1.165) is 57.8 Å². The molecule has 2 saturated heterocycles. The molecule has 0 aliphatic carbocycles. The third-order valence-corrected chi connectivity index (χ3v) is 11.7. The van der Waals surface area contributed by atoms with E-state index in [4.69, 9.17) is 28.4 Å². The predicted octanol–water partition coefficient (Wildman–Crippen LogP) is 5.82. The number of carbonyl (C=O) groups excluding carboxylic acids is 2. The zero-order valence-corrected chi connectivity index (χ0v) is 38.1. The zero-order chi connectivity index (χ0) is 45.4. The number of allylic oxidation sites excluding steroid dienone is 2. The van der Waals surface area contributed by atoms with Crippen molar-refractivity contribution in [3.8, 4) is 0 Å². The summed E-state index contributed by atoms with van der Waals surface area (Å²) >= 11 is 0. The van der Waals surface area contributed by atoms with Gasteiger partial charge in [0, 0.05) is 12.8 Å². The van der Waals surface area contributed by atoms with Gasteiger partial charge in [-0.1, -0.05) is 142 Å². The lowest BCUT2D eigenvalue weighted by Gasteiger charge is -2.42. The maximum absolute atomic E-state index is 12.9. The van der Waals surface area contributed by atoms with Crippen LogP contribution in [0.1, 0.15) is 181 Å². The maximum Gasteiger partial charge on any atom is 0.306 e. The smallest absolute Gasteiger partial charge is 0.306 e. The Balaban J connectivity index is 1.84. The van der Waals surface area contributed by atoms with Gasteiger partial charge >= 0.3 is 11.9 Å². The van der Waals surface area contributed by atoms with Crippen LogP contribution in [0, 0.1) is 0 Å². The average molecular weight is 891 g/mol. The first-order valence-electron chi connectivity index (χ1n) is 24.3. The van der Waals surface area contributed by atoms with Gasteiger partial charge in [0.2, 0.25) is 0 Å². The Kier molecular flexibility index (Phi) is 32.3. The van der Waals surface area contributed by atoms with Crippen molar-refractivity contribution in [3.63, 3.8) is 0 Å². The van der Waals surface area contributed by atoms with Gasteiger partial charge in [-0.15, -0.1) is 0 Å². The van der Waals surface area contributed by atoms with Gasteiger partial charge in [-0.25, -0.2) is 0 Å². The Morgan fingerprint density at radius 3 is 1.42 bits per heavy atom. The highest BCUT2D eigenvalue weighted by Gasteiger charge is 2.47. The average Bonchev–Trinajstić information content (AvgIpc) is 3.26. The summed E-state index contributed by atoms with van der Waals surface area (Å²) in [6, 6.07) is 0. The van der Waals surface area contributed by atoms with Crippen LogP contribution in [0.3, 0.4) is 0 Å². The summed E-state index contributed by atoms with van der Waals surface area (Å²) in [4.78, 5) is 25.6. The van der Waals surface area contributed by atoms with Crippen LogP contribution in [0.25, 0.3) is 0 Å². The van der Waals surface area contributed by atoms with E-state index in [-0.39, 0.29) is 26.1 Å². The van der Waals surface area contributed by atoms with Crippen molar-refractivity contribution in [2.75, 3.05) is 26.4 Å². The molecule has 0 aromatic carbocycles. The Hall–Kier alpha value is -1.76. The third-order valence-electron chi connectivity index (χ3n) is 11.7. The summed E-state index contributed by atoms with van der Waals surface area (Å²) in [5, 5.41) is 71.9. The van der Waals surface area contributed by atoms with Crippen molar-refractivity contribution < 1.29 is 73.8 Å². The molecular formula is C47H86O15. The minimum absolute atomic E-state index is 0.159. The lowest BCUT2D eigenvalue weighted by atomic mass is 9.98. The SMILES string of the molecule is CCCCCCC/C=C\CCCCCCCC(=O)OC(COC(=O)CCCCCCCCCCCCCC)COC1OC(COC2OC(CO)C(O)C(O)C2O)C(O)C(O)C1O. The minimum Gasteiger partial charge on any atom is -0.462 e. The topological polar surface area (TPSA) is 231 Å². The van der Waals surface area contributed by atoms with Gasteiger partial charge in [-0.05, 0) is 38.5 Å². The first-order valence-corrected chi connectivity index (χ1v) is 24.3.